The van der Waals surface area contributed by atoms with Gasteiger partial charge in [-0.2, -0.15) is 0 Å². The van der Waals surface area contributed by atoms with E-state index in [2.05, 4.69) is 25.9 Å². The van der Waals surface area contributed by atoms with E-state index in [9.17, 15) is 9.18 Å². The summed E-state index contributed by atoms with van der Waals surface area (Å²) in [6.07, 6.45) is 4.84. The van der Waals surface area contributed by atoms with E-state index >= 15 is 0 Å². The van der Waals surface area contributed by atoms with Gasteiger partial charge >= 0.3 is 0 Å². The van der Waals surface area contributed by atoms with Crippen molar-refractivity contribution < 1.29 is 28.1 Å². The van der Waals surface area contributed by atoms with Gasteiger partial charge in [-0.15, -0.1) is 0 Å². The minimum Gasteiger partial charge on any atom is -0.476 e. The third-order valence-electron chi connectivity index (χ3n) is 6.89. The van der Waals surface area contributed by atoms with Crippen molar-refractivity contribution in [2.45, 2.75) is 24.4 Å². The van der Waals surface area contributed by atoms with Crippen LogP contribution in [0.4, 0.5) is 21.6 Å². The molecule has 0 saturated carbocycles. The normalized spacial score (nSPS) is 22.0. The smallest absolute Gasteiger partial charge is 0.248 e. The highest BCUT2D eigenvalue weighted by molar-refractivity contribution is 6.31. The monoisotopic (exact) mass is 586 g/mol. The van der Waals surface area contributed by atoms with Crippen molar-refractivity contribution in [1.82, 2.24) is 20.2 Å². The lowest BCUT2D eigenvalue weighted by molar-refractivity contribution is -0.111. The van der Waals surface area contributed by atoms with Gasteiger partial charge in [-0.25, -0.2) is 14.4 Å². The molecule has 41 heavy (non-hydrogen) atoms. The lowest BCUT2D eigenvalue weighted by atomic mass is 10.0. The third-order valence-corrected chi connectivity index (χ3v) is 7.18. The molecule has 0 aliphatic carbocycles. The Kier molecular flexibility index (Phi) is 8.97. The van der Waals surface area contributed by atoms with E-state index in [1.54, 1.807) is 31.4 Å². The van der Waals surface area contributed by atoms with Crippen molar-refractivity contribution in [3.63, 3.8) is 0 Å². The Morgan fingerprint density at radius 2 is 2.15 bits per heavy atom. The van der Waals surface area contributed by atoms with Crippen LogP contribution in [-0.2, 0) is 19.0 Å². The van der Waals surface area contributed by atoms with E-state index in [-0.39, 0.29) is 29.9 Å². The molecule has 3 atom stereocenters. The molecule has 2 aliphatic heterocycles. The van der Waals surface area contributed by atoms with E-state index in [1.165, 1.54) is 24.5 Å². The zero-order chi connectivity index (χ0) is 29.0. The maximum Gasteiger partial charge on any atom is 0.248 e. The summed E-state index contributed by atoms with van der Waals surface area (Å²) in [6, 6.07) is 7.72. The number of nitrogens with one attached hydrogen (secondary N) is 3. The molecule has 3 heterocycles. The standard InChI is InChI=1S/C28H32ClFN6O5/c1-36(2)9-4-5-25(37)35-22-12-18-21(31-15-32-27(18)34-17-6-7-20(30)19(29)11-17)13-23(22)40-16-33-28-8-10-39-26(28)24(38-3)14-41-28/h4-7,11-13,15,24,26,33H,8-10,14,16H2,1-3H3,(H,35,37)(H,31,32,34). The van der Waals surface area contributed by atoms with Gasteiger partial charge in [-0.1, -0.05) is 17.7 Å². The molecule has 1 aromatic heterocycles. The van der Waals surface area contributed by atoms with Crippen molar-refractivity contribution >= 4 is 45.6 Å². The molecule has 1 amide bonds. The average molecular weight is 587 g/mol. The van der Waals surface area contributed by atoms with Crippen LogP contribution in [0.15, 0.2) is 48.8 Å². The number of hydrogen-bond donors (Lipinski definition) is 3. The number of rotatable bonds is 11. The number of carbonyl (C=O) groups is 1. The molecule has 0 spiro atoms. The van der Waals surface area contributed by atoms with Crippen LogP contribution >= 0.6 is 11.6 Å². The number of fused-ring (bicyclic) bond motifs is 2. The number of nitrogens with zero attached hydrogens (tertiary/aromatic N) is 3. The van der Waals surface area contributed by atoms with E-state index in [1.807, 2.05) is 19.0 Å². The summed E-state index contributed by atoms with van der Waals surface area (Å²) in [7, 11) is 5.46. The molecule has 5 rings (SSSR count). The molecule has 3 unspecified atom stereocenters. The second-order valence-electron chi connectivity index (χ2n) is 9.98. The van der Waals surface area contributed by atoms with Crippen LogP contribution < -0.4 is 20.7 Å². The van der Waals surface area contributed by atoms with Gasteiger partial charge in [0.15, 0.2) is 5.72 Å². The number of ether oxygens (including phenoxy) is 4. The van der Waals surface area contributed by atoms with E-state index < -0.39 is 11.5 Å². The molecule has 0 radical (unpaired) electrons. The van der Waals surface area contributed by atoms with Crippen molar-refractivity contribution in [2.75, 3.05) is 58.3 Å². The number of anilines is 3. The van der Waals surface area contributed by atoms with Crippen molar-refractivity contribution in [2.24, 2.45) is 0 Å². The van der Waals surface area contributed by atoms with E-state index in [0.29, 0.717) is 60.0 Å². The summed E-state index contributed by atoms with van der Waals surface area (Å²) in [5.74, 6) is -0.0216. The molecule has 2 saturated heterocycles. The molecule has 2 aromatic carbocycles. The Balaban J connectivity index is 1.41. The lowest BCUT2D eigenvalue weighted by Gasteiger charge is -2.29. The molecular weight excluding hydrogens is 555 g/mol. The largest absolute Gasteiger partial charge is 0.476 e. The average Bonchev–Trinajstić information content (AvgIpc) is 3.50. The lowest BCUT2D eigenvalue weighted by Crippen LogP contribution is -2.53. The number of benzene rings is 2. The maximum absolute atomic E-state index is 13.7. The first-order valence-corrected chi connectivity index (χ1v) is 13.4. The predicted molar refractivity (Wildman–Crippen MR) is 153 cm³/mol. The zero-order valence-corrected chi connectivity index (χ0v) is 23.7. The Hall–Kier alpha value is -3.39. The van der Waals surface area contributed by atoms with Gasteiger partial charge in [-0.05, 0) is 38.4 Å². The van der Waals surface area contributed by atoms with Crippen LogP contribution in [0.2, 0.25) is 5.02 Å². The molecule has 13 heteroatoms. The molecule has 218 valence electrons. The Bertz CT molecular complexity index is 1440. The Morgan fingerprint density at radius 3 is 2.93 bits per heavy atom. The SMILES string of the molecule is COC1COC2(NCOc3cc4ncnc(Nc5ccc(F)c(Cl)c5)c4cc3NC(=O)C=CCN(C)C)CCOC12. The van der Waals surface area contributed by atoms with Gasteiger partial charge in [0, 0.05) is 43.3 Å². The number of methoxy groups -OCH3 is 1. The predicted octanol–water partition coefficient (Wildman–Crippen LogP) is 3.68. The zero-order valence-electron chi connectivity index (χ0n) is 22.9. The molecular formula is C28H32ClFN6O5. The molecule has 0 bridgehead atoms. The van der Waals surface area contributed by atoms with Gasteiger partial charge < -0.3 is 34.5 Å². The summed E-state index contributed by atoms with van der Waals surface area (Å²) in [4.78, 5) is 23.5. The van der Waals surface area contributed by atoms with Crippen LogP contribution in [0.5, 0.6) is 5.75 Å². The summed E-state index contributed by atoms with van der Waals surface area (Å²) in [5, 5.41) is 9.95. The van der Waals surface area contributed by atoms with Crippen molar-refractivity contribution in [1.29, 1.82) is 0 Å². The molecule has 11 nitrogen and oxygen atoms in total. The second kappa shape index (κ2) is 12.6. The first kappa shape index (κ1) is 29.1. The number of aromatic nitrogens is 2. The fourth-order valence-corrected chi connectivity index (χ4v) is 5.00. The van der Waals surface area contributed by atoms with Gasteiger partial charge in [0.1, 0.15) is 42.7 Å². The highest BCUT2D eigenvalue weighted by atomic mass is 35.5. The Labute approximate surface area is 242 Å². The third kappa shape index (κ3) is 6.58. The summed E-state index contributed by atoms with van der Waals surface area (Å²) in [6.45, 7) is 1.64. The van der Waals surface area contributed by atoms with Crippen LogP contribution in [0.3, 0.4) is 0 Å². The molecule has 3 aromatic rings. The molecule has 2 aliphatic rings. The van der Waals surface area contributed by atoms with Gasteiger partial charge in [0.05, 0.1) is 29.4 Å². The highest BCUT2D eigenvalue weighted by Gasteiger charge is 2.54. The van der Waals surface area contributed by atoms with Gasteiger partial charge in [0.25, 0.3) is 0 Å². The second-order valence-corrected chi connectivity index (χ2v) is 10.4. The Morgan fingerprint density at radius 1 is 1.29 bits per heavy atom. The van der Waals surface area contributed by atoms with Crippen molar-refractivity contribution in [3.8, 4) is 5.75 Å². The first-order chi connectivity index (χ1) is 19.8. The van der Waals surface area contributed by atoms with Crippen molar-refractivity contribution in [3.05, 3.63) is 59.7 Å². The quantitative estimate of drug-likeness (QED) is 0.227. The summed E-state index contributed by atoms with van der Waals surface area (Å²) < 4.78 is 37.2. The van der Waals surface area contributed by atoms with Crippen LogP contribution in [-0.4, -0.2) is 86.4 Å². The number of likely N-dealkylation sites (N-methyl/N-ethyl adjacent to an activating group) is 1. The van der Waals surface area contributed by atoms with E-state index in [0.717, 1.165) is 0 Å². The number of hydrogen-bond acceptors (Lipinski definition) is 10. The first-order valence-electron chi connectivity index (χ1n) is 13.1. The van der Waals surface area contributed by atoms with Crippen LogP contribution in [0.1, 0.15) is 6.42 Å². The summed E-state index contributed by atoms with van der Waals surface area (Å²) in [5.41, 5.74) is 0.791. The molecule has 2 fully saturated rings. The number of halogens is 2. The van der Waals surface area contributed by atoms with E-state index in [4.69, 9.17) is 30.5 Å². The highest BCUT2D eigenvalue weighted by Crippen LogP contribution is 2.37. The fourth-order valence-electron chi connectivity index (χ4n) is 4.82. The number of carbonyl (C=O) groups excluding carboxylic acids is 1. The topological polar surface area (TPSA) is 119 Å². The summed E-state index contributed by atoms with van der Waals surface area (Å²) >= 11 is 5.96. The maximum atomic E-state index is 13.7. The minimum absolute atomic E-state index is 0.0218. The fraction of sp³-hybridized carbons (Fsp3) is 0.393. The van der Waals surface area contributed by atoms with Crippen LogP contribution in [0, 0.1) is 5.82 Å². The minimum atomic E-state index is -0.717. The molecule has 3 N–H and O–H groups in total. The van der Waals surface area contributed by atoms with Gasteiger partial charge in [0.2, 0.25) is 5.91 Å². The van der Waals surface area contributed by atoms with Gasteiger partial charge in [-0.3, -0.25) is 10.1 Å². The number of amides is 1. The van der Waals surface area contributed by atoms with Crippen LogP contribution in [0.25, 0.3) is 10.9 Å².